The van der Waals surface area contributed by atoms with E-state index >= 15 is 0 Å². The average molecular weight is 405 g/mol. The maximum absolute atomic E-state index is 13.0. The van der Waals surface area contributed by atoms with E-state index in [2.05, 4.69) is 10.0 Å². The van der Waals surface area contributed by atoms with Crippen LogP contribution < -0.4 is 10.0 Å². The first-order valence-corrected chi connectivity index (χ1v) is 9.65. The summed E-state index contributed by atoms with van der Waals surface area (Å²) in [6.45, 7) is 0. The smallest absolute Gasteiger partial charge is 0.261 e. The zero-order valence-corrected chi connectivity index (χ0v) is 15.4. The molecule has 0 spiro atoms. The summed E-state index contributed by atoms with van der Waals surface area (Å²) >= 11 is 5.80. The zero-order valence-electron chi connectivity index (χ0n) is 13.8. The molecule has 0 saturated carbocycles. The van der Waals surface area contributed by atoms with Crippen LogP contribution in [0.25, 0.3) is 0 Å². The Hall–Kier alpha value is -2.90. The van der Waals surface area contributed by atoms with E-state index in [1.54, 1.807) is 24.3 Å². The van der Waals surface area contributed by atoms with Gasteiger partial charge in [0.25, 0.3) is 15.9 Å². The normalized spacial score (nSPS) is 11.0. The van der Waals surface area contributed by atoms with Gasteiger partial charge in [-0.15, -0.1) is 0 Å². The summed E-state index contributed by atoms with van der Waals surface area (Å²) in [7, 11) is -3.93. The van der Waals surface area contributed by atoms with Crippen LogP contribution in [0.5, 0.6) is 0 Å². The fourth-order valence-corrected chi connectivity index (χ4v) is 3.50. The summed E-state index contributed by atoms with van der Waals surface area (Å²) in [5.41, 5.74) is 0.918. The number of anilines is 2. The quantitative estimate of drug-likeness (QED) is 0.655. The molecule has 0 saturated heterocycles. The minimum atomic E-state index is -3.93. The lowest BCUT2D eigenvalue weighted by molar-refractivity contribution is 0.102. The van der Waals surface area contributed by atoms with E-state index in [-0.39, 0.29) is 16.1 Å². The van der Waals surface area contributed by atoms with Crippen LogP contribution >= 0.6 is 11.6 Å². The van der Waals surface area contributed by atoms with Crippen molar-refractivity contribution in [1.82, 2.24) is 0 Å². The molecule has 0 bridgehead atoms. The summed E-state index contributed by atoms with van der Waals surface area (Å²) in [5, 5.41) is 3.20. The van der Waals surface area contributed by atoms with Gasteiger partial charge in [0.1, 0.15) is 5.82 Å². The second-order valence-corrected chi connectivity index (χ2v) is 7.72. The summed E-state index contributed by atoms with van der Waals surface area (Å²) < 4.78 is 40.3. The monoisotopic (exact) mass is 404 g/mol. The molecule has 3 aromatic rings. The Labute approximate surface area is 160 Å². The Bertz CT molecular complexity index is 1070. The number of hydrogen-bond acceptors (Lipinski definition) is 3. The minimum absolute atomic E-state index is 0.0874. The highest BCUT2D eigenvalue weighted by atomic mass is 35.5. The van der Waals surface area contributed by atoms with Gasteiger partial charge >= 0.3 is 0 Å². The molecular formula is C19H14ClFN2O3S. The predicted molar refractivity (Wildman–Crippen MR) is 103 cm³/mol. The molecule has 8 heteroatoms. The molecule has 0 aromatic heterocycles. The highest BCUT2D eigenvalue weighted by molar-refractivity contribution is 7.92. The Kier molecular flexibility index (Phi) is 5.43. The first-order chi connectivity index (χ1) is 12.8. The molecule has 2 N–H and O–H groups in total. The van der Waals surface area contributed by atoms with Crippen molar-refractivity contribution in [2.75, 3.05) is 10.0 Å². The number of rotatable bonds is 5. The van der Waals surface area contributed by atoms with Gasteiger partial charge in [0.2, 0.25) is 0 Å². The van der Waals surface area contributed by atoms with Crippen LogP contribution in [0.1, 0.15) is 10.4 Å². The van der Waals surface area contributed by atoms with Crippen LogP contribution in [0.15, 0.2) is 77.7 Å². The molecule has 0 fully saturated rings. The maximum atomic E-state index is 13.0. The number of halogens is 2. The van der Waals surface area contributed by atoms with Crippen LogP contribution in [0, 0.1) is 5.82 Å². The fraction of sp³-hybridized carbons (Fsp3) is 0. The number of sulfonamides is 1. The van der Waals surface area contributed by atoms with Crippen LogP contribution in [0.4, 0.5) is 15.8 Å². The topological polar surface area (TPSA) is 75.3 Å². The van der Waals surface area contributed by atoms with Gasteiger partial charge < -0.3 is 5.32 Å². The molecule has 27 heavy (non-hydrogen) atoms. The van der Waals surface area contributed by atoms with Gasteiger partial charge in [0.05, 0.1) is 4.90 Å². The molecule has 138 valence electrons. The molecule has 0 aliphatic heterocycles. The van der Waals surface area contributed by atoms with Crippen molar-refractivity contribution in [3.8, 4) is 0 Å². The standard InChI is InChI=1S/C19H14ClFN2O3S/c20-14-4-8-16(9-5-14)22-19(24)13-2-1-3-18(12-13)27(25,26)23-17-10-6-15(21)7-11-17/h1-12,23H,(H,22,24). The largest absolute Gasteiger partial charge is 0.322 e. The van der Waals surface area contributed by atoms with Crippen molar-refractivity contribution in [3.05, 3.63) is 89.2 Å². The summed E-state index contributed by atoms with van der Waals surface area (Å²) in [4.78, 5) is 12.3. The lowest BCUT2D eigenvalue weighted by Gasteiger charge is -2.10. The van der Waals surface area contributed by atoms with Crippen molar-refractivity contribution in [2.45, 2.75) is 4.90 Å². The number of carbonyl (C=O) groups excluding carboxylic acids is 1. The average Bonchev–Trinajstić information content (AvgIpc) is 2.65. The van der Waals surface area contributed by atoms with E-state index < -0.39 is 21.7 Å². The maximum Gasteiger partial charge on any atom is 0.261 e. The van der Waals surface area contributed by atoms with Crippen LogP contribution in [-0.4, -0.2) is 14.3 Å². The van der Waals surface area contributed by atoms with E-state index in [1.807, 2.05) is 0 Å². The Morgan fingerprint density at radius 3 is 2.19 bits per heavy atom. The van der Waals surface area contributed by atoms with Crippen LogP contribution in [0.2, 0.25) is 5.02 Å². The highest BCUT2D eigenvalue weighted by Crippen LogP contribution is 2.19. The van der Waals surface area contributed by atoms with Gasteiger partial charge in [-0.25, -0.2) is 12.8 Å². The number of hydrogen-bond donors (Lipinski definition) is 2. The van der Waals surface area contributed by atoms with E-state index in [0.717, 1.165) is 12.1 Å². The first kappa shape index (κ1) is 18.9. The molecule has 0 radical (unpaired) electrons. The van der Waals surface area contributed by atoms with Crippen LogP contribution in [0.3, 0.4) is 0 Å². The van der Waals surface area contributed by atoms with E-state index in [0.29, 0.717) is 10.7 Å². The Morgan fingerprint density at radius 1 is 0.889 bits per heavy atom. The van der Waals surface area contributed by atoms with Crippen molar-refractivity contribution >= 4 is 38.9 Å². The van der Waals surface area contributed by atoms with Gasteiger partial charge in [0.15, 0.2) is 0 Å². The van der Waals surface area contributed by atoms with Crippen molar-refractivity contribution in [3.63, 3.8) is 0 Å². The van der Waals surface area contributed by atoms with Gasteiger partial charge in [-0.3, -0.25) is 9.52 Å². The first-order valence-electron chi connectivity index (χ1n) is 7.79. The molecule has 3 aromatic carbocycles. The molecular weight excluding hydrogens is 391 g/mol. The fourth-order valence-electron chi connectivity index (χ4n) is 2.27. The molecule has 1 amide bonds. The molecule has 0 unspecified atom stereocenters. The second kappa shape index (κ2) is 7.77. The number of carbonyl (C=O) groups is 1. The van der Waals surface area contributed by atoms with Gasteiger partial charge in [-0.1, -0.05) is 17.7 Å². The molecule has 3 rings (SSSR count). The van der Waals surface area contributed by atoms with Crippen molar-refractivity contribution < 1.29 is 17.6 Å². The molecule has 0 heterocycles. The Morgan fingerprint density at radius 2 is 1.52 bits per heavy atom. The Balaban J connectivity index is 1.80. The third-order valence-corrected chi connectivity index (χ3v) is 5.24. The summed E-state index contributed by atoms with van der Waals surface area (Å²) in [6.07, 6.45) is 0. The number of nitrogens with one attached hydrogen (secondary N) is 2. The van der Waals surface area contributed by atoms with E-state index in [4.69, 9.17) is 11.6 Å². The van der Waals surface area contributed by atoms with E-state index in [9.17, 15) is 17.6 Å². The lowest BCUT2D eigenvalue weighted by Crippen LogP contribution is -2.16. The lowest BCUT2D eigenvalue weighted by atomic mass is 10.2. The third kappa shape index (κ3) is 4.84. The van der Waals surface area contributed by atoms with Crippen molar-refractivity contribution in [2.24, 2.45) is 0 Å². The minimum Gasteiger partial charge on any atom is -0.322 e. The number of benzene rings is 3. The molecule has 0 aliphatic carbocycles. The van der Waals surface area contributed by atoms with Gasteiger partial charge in [-0.2, -0.15) is 0 Å². The van der Waals surface area contributed by atoms with Gasteiger partial charge in [-0.05, 0) is 66.7 Å². The van der Waals surface area contributed by atoms with E-state index in [1.165, 1.54) is 36.4 Å². The van der Waals surface area contributed by atoms with Crippen molar-refractivity contribution in [1.29, 1.82) is 0 Å². The summed E-state index contributed by atoms with van der Waals surface area (Å²) in [5.74, 6) is -0.935. The SMILES string of the molecule is O=C(Nc1ccc(Cl)cc1)c1cccc(S(=O)(=O)Nc2ccc(F)cc2)c1. The third-order valence-electron chi connectivity index (χ3n) is 3.61. The second-order valence-electron chi connectivity index (χ2n) is 5.60. The number of amides is 1. The zero-order chi connectivity index (χ0) is 19.4. The molecule has 0 aliphatic rings. The molecule has 0 atom stereocenters. The van der Waals surface area contributed by atoms with Crippen LogP contribution in [-0.2, 0) is 10.0 Å². The summed E-state index contributed by atoms with van der Waals surface area (Å²) in [6, 6.07) is 17.0. The van der Waals surface area contributed by atoms with Gasteiger partial charge in [0, 0.05) is 22.0 Å². The highest BCUT2D eigenvalue weighted by Gasteiger charge is 2.17. The molecule has 5 nitrogen and oxygen atoms in total. The predicted octanol–water partition coefficient (Wildman–Crippen LogP) is 4.53.